The molecule has 2 rings (SSSR count). The van der Waals surface area contributed by atoms with E-state index < -0.39 is 0 Å². The SMILES string of the molecule is CC1CCCC(CCl)(NC(=O)c2ccc(Br)cc2)C1. The van der Waals surface area contributed by atoms with Gasteiger partial charge in [0.1, 0.15) is 0 Å². The molecule has 0 radical (unpaired) electrons. The Kier molecular flexibility index (Phi) is 4.91. The summed E-state index contributed by atoms with van der Waals surface area (Å²) in [5.41, 5.74) is 0.453. The highest BCUT2D eigenvalue weighted by Crippen LogP contribution is 2.33. The van der Waals surface area contributed by atoms with Crippen molar-refractivity contribution in [3.63, 3.8) is 0 Å². The molecule has 1 aliphatic carbocycles. The van der Waals surface area contributed by atoms with Gasteiger partial charge in [-0.05, 0) is 43.0 Å². The zero-order valence-corrected chi connectivity index (χ0v) is 13.4. The number of benzene rings is 1. The molecule has 0 aromatic heterocycles. The van der Waals surface area contributed by atoms with Crippen LogP contribution in [-0.2, 0) is 0 Å². The molecule has 4 heteroatoms. The van der Waals surface area contributed by atoms with Crippen molar-refractivity contribution >= 4 is 33.4 Å². The minimum Gasteiger partial charge on any atom is -0.345 e. The van der Waals surface area contributed by atoms with Crippen molar-refractivity contribution in [1.29, 1.82) is 0 Å². The maximum absolute atomic E-state index is 12.3. The standard InChI is InChI=1S/C15H19BrClNO/c1-11-3-2-8-15(9-11,10-17)18-14(19)12-4-6-13(16)7-5-12/h4-7,11H,2-3,8-10H2,1H3,(H,18,19). The van der Waals surface area contributed by atoms with Crippen LogP contribution >= 0.6 is 27.5 Å². The molecule has 2 nitrogen and oxygen atoms in total. The Bertz CT molecular complexity index is 448. The van der Waals surface area contributed by atoms with Crippen LogP contribution in [0, 0.1) is 5.92 Å². The van der Waals surface area contributed by atoms with Crippen LogP contribution in [0.2, 0.25) is 0 Å². The van der Waals surface area contributed by atoms with Gasteiger partial charge in [0.15, 0.2) is 0 Å². The van der Waals surface area contributed by atoms with Crippen molar-refractivity contribution in [1.82, 2.24) is 5.32 Å². The van der Waals surface area contributed by atoms with E-state index in [4.69, 9.17) is 11.6 Å². The van der Waals surface area contributed by atoms with Crippen molar-refractivity contribution in [3.8, 4) is 0 Å². The summed E-state index contributed by atoms with van der Waals surface area (Å²) in [5, 5.41) is 3.16. The average molecular weight is 345 g/mol. The highest BCUT2D eigenvalue weighted by molar-refractivity contribution is 9.10. The summed E-state index contributed by atoms with van der Waals surface area (Å²) < 4.78 is 0.974. The minimum absolute atomic E-state index is 0.0257. The van der Waals surface area contributed by atoms with E-state index in [9.17, 15) is 4.79 Å². The number of hydrogen-bond acceptors (Lipinski definition) is 1. The fraction of sp³-hybridized carbons (Fsp3) is 0.533. The fourth-order valence-electron chi connectivity index (χ4n) is 2.84. The third-order valence-corrected chi connectivity index (χ3v) is 4.87. The number of alkyl halides is 1. The van der Waals surface area contributed by atoms with Crippen LogP contribution in [0.1, 0.15) is 43.0 Å². The van der Waals surface area contributed by atoms with E-state index in [1.54, 1.807) is 0 Å². The van der Waals surface area contributed by atoms with E-state index in [2.05, 4.69) is 28.2 Å². The van der Waals surface area contributed by atoms with Gasteiger partial charge < -0.3 is 5.32 Å². The molecule has 1 saturated carbocycles. The molecule has 1 aromatic carbocycles. The van der Waals surface area contributed by atoms with Crippen LogP contribution in [0.3, 0.4) is 0 Å². The minimum atomic E-state index is -0.233. The Morgan fingerprint density at radius 2 is 2.16 bits per heavy atom. The van der Waals surface area contributed by atoms with Crippen LogP contribution < -0.4 is 5.32 Å². The maximum Gasteiger partial charge on any atom is 0.251 e. The lowest BCUT2D eigenvalue weighted by molar-refractivity contribution is 0.0867. The first-order valence-corrected chi connectivity index (χ1v) is 8.01. The smallest absolute Gasteiger partial charge is 0.251 e. The highest BCUT2D eigenvalue weighted by atomic mass is 79.9. The van der Waals surface area contributed by atoms with Gasteiger partial charge in [0.25, 0.3) is 5.91 Å². The fourth-order valence-corrected chi connectivity index (χ4v) is 3.42. The molecular weight excluding hydrogens is 326 g/mol. The summed E-state index contributed by atoms with van der Waals surface area (Å²) in [6.07, 6.45) is 4.31. The number of rotatable bonds is 3. The van der Waals surface area contributed by atoms with Gasteiger partial charge in [-0.1, -0.05) is 35.7 Å². The molecule has 0 saturated heterocycles. The molecule has 1 aromatic rings. The Morgan fingerprint density at radius 1 is 1.47 bits per heavy atom. The number of carbonyl (C=O) groups is 1. The average Bonchev–Trinajstić information content (AvgIpc) is 2.39. The molecule has 0 heterocycles. The van der Waals surface area contributed by atoms with Crippen molar-refractivity contribution in [2.24, 2.45) is 5.92 Å². The third kappa shape index (κ3) is 3.73. The van der Waals surface area contributed by atoms with Gasteiger partial charge in [-0.15, -0.1) is 11.6 Å². The van der Waals surface area contributed by atoms with Gasteiger partial charge in [0, 0.05) is 15.9 Å². The van der Waals surface area contributed by atoms with Crippen molar-refractivity contribution in [3.05, 3.63) is 34.3 Å². The molecule has 1 N–H and O–H groups in total. The molecule has 2 atom stereocenters. The molecule has 2 unspecified atom stereocenters. The van der Waals surface area contributed by atoms with Gasteiger partial charge >= 0.3 is 0 Å². The second-order valence-corrected chi connectivity index (χ2v) is 6.76. The van der Waals surface area contributed by atoms with E-state index in [-0.39, 0.29) is 11.4 Å². The summed E-state index contributed by atoms with van der Waals surface area (Å²) in [5.74, 6) is 1.08. The van der Waals surface area contributed by atoms with Crippen LogP contribution in [0.25, 0.3) is 0 Å². The normalized spacial score (nSPS) is 27.0. The Morgan fingerprint density at radius 3 is 2.74 bits per heavy atom. The Balaban J connectivity index is 2.09. The lowest BCUT2D eigenvalue weighted by Gasteiger charge is -2.39. The van der Waals surface area contributed by atoms with E-state index in [0.29, 0.717) is 17.4 Å². The van der Waals surface area contributed by atoms with Crippen molar-refractivity contribution < 1.29 is 4.79 Å². The van der Waals surface area contributed by atoms with Gasteiger partial charge in [-0.2, -0.15) is 0 Å². The molecular formula is C15H19BrClNO. The Hall–Kier alpha value is -0.540. The van der Waals surface area contributed by atoms with Crippen LogP contribution in [0.5, 0.6) is 0 Å². The number of amides is 1. The molecule has 1 fully saturated rings. The topological polar surface area (TPSA) is 29.1 Å². The van der Waals surface area contributed by atoms with E-state index in [1.165, 1.54) is 6.42 Å². The zero-order chi connectivity index (χ0) is 13.9. The van der Waals surface area contributed by atoms with Gasteiger partial charge in [-0.25, -0.2) is 0 Å². The summed E-state index contributed by atoms with van der Waals surface area (Å²) in [6.45, 7) is 2.23. The molecule has 0 bridgehead atoms. The first-order valence-electron chi connectivity index (χ1n) is 6.69. The first kappa shape index (κ1) is 14.9. The van der Waals surface area contributed by atoms with Crippen LogP contribution in [-0.4, -0.2) is 17.3 Å². The van der Waals surface area contributed by atoms with Crippen LogP contribution in [0.15, 0.2) is 28.7 Å². The summed E-state index contributed by atoms with van der Waals surface area (Å²) in [7, 11) is 0. The van der Waals surface area contributed by atoms with Gasteiger partial charge in [0.2, 0.25) is 0 Å². The summed E-state index contributed by atoms with van der Waals surface area (Å²) in [4.78, 5) is 12.3. The first-order chi connectivity index (χ1) is 9.04. The van der Waals surface area contributed by atoms with E-state index >= 15 is 0 Å². The molecule has 0 spiro atoms. The van der Waals surface area contributed by atoms with Crippen LogP contribution in [0.4, 0.5) is 0 Å². The van der Waals surface area contributed by atoms with E-state index in [0.717, 1.165) is 23.7 Å². The predicted octanol–water partition coefficient (Wildman–Crippen LogP) is 4.37. The third-order valence-electron chi connectivity index (χ3n) is 3.83. The summed E-state index contributed by atoms with van der Waals surface area (Å²) in [6, 6.07) is 7.42. The monoisotopic (exact) mass is 343 g/mol. The van der Waals surface area contributed by atoms with Gasteiger partial charge in [0.05, 0.1) is 5.54 Å². The molecule has 19 heavy (non-hydrogen) atoms. The zero-order valence-electron chi connectivity index (χ0n) is 11.1. The predicted molar refractivity (Wildman–Crippen MR) is 82.7 cm³/mol. The Labute approximate surface area is 128 Å². The van der Waals surface area contributed by atoms with Crippen molar-refractivity contribution in [2.75, 3.05) is 5.88 Å². The molecule has 0 aliphatic heterocycles. The van der Waals surface area contributed by atoms with E-state index in [1.807, 2.05) is 24.3 Å². The maximum atomic E-state index is 12.3. The molecule has 104 valence electrons. The second kappa shape index (κ2) is 6.27. The van der Waals surface area contributed by atoms with Gasteiger partial charge in [-0.3, -0.25) is 4.79 Å². The number of carbonyl (C=O) groups excluding carboxylic acids is 1. The molecule has 1 aliphatic rings. The van der Waals surface area contributed by atoms with Crippen molar-refractivity contribution in [2.45, 2.75) is 38.1 Å². The second-order valence-electron chi connectivity index (χ2n) is 5.58. The number of halogens is 2. The lowest BCUT2D eigenvalue weighted by atomic mass is 9.77. The lowest BCUT2D eigenvalue weighted by Crippen LogP contribution is -2.52. The largest absolute Gasteiger partial charge is 0.345 e. The quantitative estimate of drug-likeness (QED) is 0.811. The summed E-state index contributed by atoms with van der Waals surface area (Å²) >= 11 is 9.51. The number of nitrogens with one attached hydrogen (secondary N) is 1. The highest BCUT2D eigenvalue weighted by Gasteiger charge is 2.35. The number of hydrogen-bond donors (Lipinski definition) is 1. The molecule has 1 amide bonds.